The van der Waals surface area contributed by atoms with E-state index in [0.29, 0.717) is 23.2 Å². The maximum atomic E-state index is 12.2. The van der Waals surface area contributed by atoms with Gasteiger partial charge in [-0.25, -0.2) is 4.98 Å². The second kappa shape index (κ2) is 6.43. The highest BCUT2D eigenvalue weighted by atomic mass is 32.1. The summed E-state index contributed by atoms with van der Waals surface area (Å²) in [4.78, 5) is 18.9. The summed E-state index contributed by atoms with van der Waals surface area (Å²) in [6, 6.07) is 0. The third kappa shape index (κ3) is 3.85. The molecule has 0 aliphatic carbocycles. The van der Waals surface area contributed by atoms with Crippen LogP contribution < -0.4 is 16.0 Å². The predicted octanol–water partition coefficient (Wildman–Crippen LogP) is 2.59. The van der Waals surface area contributed by atoms with Crippen molar-refractivity contribution in [1.82, 2.24) is 10.3 Å². The average molecular weight is 298 g/mol. The third-order valence-corrected chi connectivity index (χ3v) is 5.10. The average Bonchev–Trinajstić information content (AvgIpc) is 2.77. The maximum absolute atomic E-state index is 12.2. The van der Waals surface area contributed by atoms with Gasteiger partial charge in [0.05, 0.1) is 0 Å². The number of aromatic nitrogens is 1. The Kier molecular flexibility index (Phi) is 5.39. The van der Waals surface area contributed by atoms with Crippen LogP contribution in [0, 0.1) is 11.3 Å². The third-order valence-electron chi connectivity index (χ3n) is 3.92. The van der Waals surface area contributed by atoms with Gasteiger partial charge in [-0.1, -0.05) is 39.0 Å². The lowest BCUT2D eigenvalue weighted by atomic mass is 9.81. The summed E-state index contributed by atoms with van der Waals surface area (Å²) in [6.07, 6.45) is 0. The molecule has 0 aliphatic rings. The molecule has 3 N–H and O–H groups in total. The molecular weight excluding hydrogens is 272 g/mol. The normalized spacial score (nSPS) is 11.8. The number of carbonyl (C=O) groups is 1. The molecule has 20 heavy (non-hydrogen) atoms. The van der Waals surface area contributed by atoms with Crippen LogP contribution in [0.4, 0.5) is 10.9 Å². The quantitative estimate of drug-likeness (QED) is 0.847. The Morgan fingerprint density at radius 3 is 2.60 bits per heavy atom. The molecule has 6 heteroatoms. The van der Waals surface area contributed by atoms with Gasteiger partial charge in [0.15, 0.2) is 5.13 Å². The summed E-state index contributed by atoms with van der Waals surface area (Å²) in [5.41, 5.74) is 5.90. The number of hydrogen-bond donors (Lipinski definition) is 2. The van der Waals surface area contributed by atoms with Gasteiger partial charge in [-0.15, -0.1) is 0 Å². The van der Waals surface area contributed by atoms with Gasteiger partial charge in [0.25, 0.3) is 5.91 Å². The molecule has 0 bridgehead atoms. The van der Waals surface area contributed by atoms with Crippen LogP contribution in [-0.2, 0) is 0 Å². The summed E-state index contributed by atoms with van der Waals surface area (Å²) in [5, 5.41) is 3.74. The van der Waals surface area contributed by atoms with Crippen molar-refractivity contribution in [3.8, 4) is 0 Å². The van der Waals surface area contributed by atoms with Crippen LogP contribution in [0.3, 0.4) is 0 Å². The lowest BCUT2D eigenvalue weighted by Gasteiger charge is -2.29. The standard InChI is InChI=1S/C14H26N4OS/c1-7-18(6)13-17-11(15)10(20-13)12(19)16-8-14(4,5)9(2)3/h9H,7-8,15H2,1-6H3,(H,16,19). The highest BCUT2D eigenvalue weighted by Crippen LogP contribution is 2.28. The number of nitrogens with two attached hydrogens (primary N) is 1. The number of anilines is 2. The Bertz CT molecular complexity index is 468. The molecule has 0 atom stereocenters. The summed E-state index contributed by atoms with van der Waals surface area (Å²) in [5.74, 6) is 0.665. The first-order chi connectivity index (χ1) is 9.19. The molecule has 0 fully saturated rings. The van der Waals surface area contributed by atoms with E-state index in [2.05, 4.69) is 38.0 Å². The number of nitrogen functional groups attached to an aromatic ring is 1. The van der Waals surface area contributed by atoms with E-state index in [4.69, 9.17) is 5.73 Å². The topological polar surface area (TPSA) is 71.2 Å². The lowest BCUT2D eigenvalue weighted by Crippen LogP contribution is -2.36. The van der Waals surface area contributed by atoms with Crippen LogP contribution in [0.25, 0.3) is 0 Å². The Labute approximate surface area is 125 Å². The van der Waals surface area contributed by atoms with Crippen LogP contribution in [-0.4, -0.2) is 31.0 Å². The van der Waals surface area contributed by atoms with Crippen molar-refractivity contribution < 1.29 is 4.79 Å². The summed E-state index contributed by atoms with van der Waals surface area (Å²) >= 11 is 1.34. The molecule has 0 spiro atoms. The number of nitrogens with zero attached hydrogens (tertiary/aromatic N) is 2. The monoisotopic (exact) mass is 298 g/mol. The maximum Gasteiger partial charge on any atom is 0.265 e. The minimum atomic E-state index is -0.135. The minimum absolute atomic E-state index is 0.0537. The van der Waals surface area contributed by atoms with Crippen molar-refractivity contribution in [2.75, 3.05) is 30.8 Å². The molecule has 0 aromatic carbocycles. The first-order valence-electron chi connectivity index (χ1n) is 6.94. The van der Waals surface area contributed by atoms with Gasteiger partial charge >= 0.3 is 0 Å². The summed E-state index contributed by atoms with van der Waals surface area (Å²) in [7, 11) is 1.93. The van der Waals surface area contributed by atoms with Gasteiger partial charge in [-0.05, 0) is 18.3 Å². The van der Waals surface area contributed by atoms with Gasteiger partial charge in [-0.2, -0.15) is 0 Å². The number of amides is 1. The molecular formula is C14H26N4OS. The molecule has 0 saturated carbocycles. The van der Waals surface area contributed by atoms with Gasteiger partial charge in [0, 0.05) is 20.1 Å². The van der Waals surface area contributed by atoms with E-state index >= 15 is 0 Å². The molecule has 1 heterocycles. The fourth-order valence-corrected chi connectivity index (χ4v) is 2.30. The van der Waals surface area contributed by atoms with E-state index in [9.17, 15) is 4.79 Å². The van der Waals surface area contributed by atoms with Gasteiger partial charge in [-0.3, -0.25) is 4.79 Å². The number of nitrogens with one attached hydrogen (secondary N) is 1. The van der Waals surface area contributed by atoms with Crippen molar-refractivity contribution in [3.63, 3.8) is 0 Å². The fourth-order valence-electron chi connectivity index (χ4n) is 1.37. The number of rotatable bonds is 6. The largest absolute Gasteiger partial charge is 0.382 e. The number of thiazole rings is 1. The van der Waals surface area contributed by atoms with Crippen LogP contribution >= 0.6 is 11.3 Å². The van der Waals surface area contributed by atoms with Crippen molar-refractivity contribution >= 4 is 28.2 Å². The van der Waals surface area contributed by atoms with Crippen molar-refractivity contribution in [1.29, 1.82) is 0 Å². The summed E-state index contributed by atoms with van der Waals surface area (Å²) < 4.78 is 0. The molecule has 1 rings (SSSR count). The smallest absolute Gasteiger partial charge is 0.265 e. The molecule has 5 nitrogen and oxygen atoms in total. The van der Waals surface area contributed by atoms with E-state index in [1.54, 1.807) is 0 Å². The molecule has 0 aliphatic heterocycles. The minimum Gasteiger partial charge on any atom is -0.382 e. The number of hydrogen-bond acceptors (Lipinski definition) is 5. The molecule has 0 radical (unpaired) electrons. The zero-order valence-electron chi connectivity index (χ0n) is 13.3. The van der Waals surface area contributed by atoms with Crippen LogP contribution in [0.15, 0.2) is 0 Å². The van der Waals surface area contributed by atoms with E-state index in [0.717, 1.165) is 11.7 Å². The molecule has 1 aromatic rings. The van der Waals surface area contributed by atoms with Gasteiger partial charge in [0.1, 0.15) is 10.7 Å². The zero-order chi connectivity index (χ0) is 15.5. The Balaban J connectivity index is 2.76. The Hall–Kier alpha value is -1.30. The Morgan fingerprint density at radius 1 is 1.50 bits per heavy atom. The van der Waals surface area contributed by atoms with E-state index in [-0.39, 0.29) is 11.3 Å². The Morgan fingerprint density at radius 2 is 2.10 bits per heavy atom. The molecule has 0 unspecified atom stereocenters. The van der Waals surface area contributed by atoms with E-state index < -0.39 is 0 Å². The second-order valence-electron chi connectivity index (χ2n) is 6.05. The summed E-state index contributed by atoms with van der Waals surface area (Å²) in [6.45, 7) is 12.1. The van der Waals surface area contributed by atoms with E-state index in [1.165, 1.54) is 11.3 Å². The zero-order valence-corrected chi connectivity index (χ0v) is 14.1. The highest BCUT2D eigenvalue weighted by molar-refractivity contribution is 7.18. The van der Waals surface area contributed by atoms with E-state index in [1.807, 2.05) is 18.9 Å². The van der Waals surface area contributed by atoms with Crippen LogP contribution in [0.2, 0.25) is 0 Å². The first kappa shape index (κ1) is 16.8. The SMILES string of the molecule is CCN(C)c1nc(N)c(C(=O)NCC(C)(C)C(C)C)s1. The highest BCUT2D eigenvalue weighted by Gasteiger charge is 2.24. The van der Waals surface area contributed by atoms with Crippen molar-refractivity contribution in [2.45, 2.75) is 34.6 Å². The van der Waals surface area contributed by atoms with Crippen LogP contribution in [0.1, 0.15) is 44.3 Å². The van der Waals surface area contributed by atoms with Crippen molar-refractivity contribution in [2.24, 2.45) is 11.3 Å². The number of carbonyl (C=O) groups excluding carboxylic acids is 1. The molecule has 1 amide bonds. The van der Waals surface area contributed by atoms with Crippen molar-refractivity contribution in [3.05, 3.63) is 4.88 Å². The lowest BCUT2D eigenvalue weighted by molar-refractivity contribution is 0.0929. The molecule has 1 aromatic heterocycles. The van der Waals surface area contributed by atoms with Crippen LogP contribution in [0.5, 0.6) is 0 Å². The first-order valence-corrected chi connectivity index (χ1v) is 7.76. The van der Waals surface area contributed by atoms with Gasteiger partial charge < -0.3 is 16.0 Å². The molecule has 114 valence electrons. The fraction of sp³-hybridized carbons (Fsp3) is 0.714. The predicted molar refractivity (Wildman–Crippen MR) is 86.4 cm³/mol. The second-order valence-corrected chi connectivity index (χ2v) is 7.03. The molecule has 0 saturated heterocycles. The van der Waals surface area contributed by atoms with Gasteiger partial charge in [0.2, 0.25) is 0 Å².